The summed E-state index contributed by atoms with van der Waals surface area (Å²) in [6.07, 6.45) is 3.16. The van der Waals surface area contributed by atoms with E-state index in [1.54, 1.807) is 11.0 Å². The molecule has 8 nitrogen and oxygen atoms in total. The number of hydrogen-bond donors (Lipinski definition) is 1. The molecule has 0 saturated carbocycles. The lowest BCUT2D eigenvalue weighted by Gasteiger charge is -2.56. The summed E-state index contributed by atoms with van der Waals surface area (Å²) in [5.41, 5.74) is -5.11. The predicted molar refractivity (Wildman–Crippen MR) is 115 cm³/mol. The number of nitrogens with zero attached hydrogens (tertiary/aromatic N) is 3. The lowest BCUT2D eigenvalue weighted by atomic mass is 9.78. The van der Waals surface area contributed by atoms with E-state index in [9.17, 15) is 31.2 Å². The molecule has 1 N–H and O–H groups in total. The Morgan fingerprint density at radius 1 is 1.06 bits per heavy atom. The highest BCUT2D eigenvalue weighted by atomic mass is 32.2. The minimum absolute atomic E-state index is 0.0143. The molecule has 4 fully saturated rings. The summed E-state index contributed by atoms with van der Waals surface area (Å²) in [7, 11) is -5.37. The first-order valence-electron chi connectivity index (χ1n) is 11.4. The van der Waals surface area contributed by atoms with Gasteiger partial charge in [0, 0.05) is 51.1 Å². The number of carbonyl (C=O) groups is 2. The molecule has 0 unspecified atom stereocenters. The number of amides is 3. The number of halogens is 3. The van der Waals surface area contributed by atoms with Gasteiger partial charge < -0.3 is 15.1 Å². The van der Waals surface area contributed by atoms with Crippen LogP contribution in [0.4, 0.5) is 18.0 Å². The smallest absolute Gasteiger partial charge is 0.347 e. The molecule has 0 atom stereocenters. The molecule has 186 valence electrons. The molecule has 0 bridgehead atoms. The highest BCUT2D eigenvalue weighted by Crippen LogP contribution is 2.42. The maximum Gasteiger partial charge on any atom is 0.501 e. The molecule has 4 aliphatic rings. The van der Waals surface area contributed by atoms with Gasteiger partial charge in [0.25, 0.3) is 9.84 Å². The van der Waals surface area contributed by atoms with Crippen LogP contribution in [0.1, 0.15) is 31.2 Å². The topological polar surface area (TPSA) is 90.0 Å². The van der Waals surface area contributed by atoms with Gasteiger partial charge in [0.05, 0.1) is 10.4 Å². The number of rotatable bonds is 3. The molecule has 34 heavy (non-hydrogen) atoms. The van der Waals surface area contributed by atoms with Crippen molar-refractivity contribution in [3.8, 4) is 0 Å². The summed E-state index contributed by atoms with van der Waals surface area (Å²) in [6.45, 7) is 4.13. The van der Waals surface area contributed by atoms with E-state index in [4.69, 9.17) is 0 Å². The van der Waals surface area contributed by atoms with Gasteiger partial charge in [-0.1, -0.05) is 12.1 Å². The lowest BCUT2D eigenvalue weighted by Crippen LogP contribution is -2.75. The van der Waals surface area contributed by atoms with Crippen molar-refractivity contribution < 1.29 is 31.2 Å². The second-order valence-electron chi connectivity index (χ2n) is 10.2. The molecule has 5 rings (SSSR count). The fourth-order valence-corrected chi connectivity index (χ4v) is 6.62. The average Bonchev–Trinajstić information content (AvgIpc) is 3.14. The molecule has 1 aromatic rings. The van der Waals surface area contributed by atoms with Gasteiger partial charge in [0.15, 0.2) is 0 Å². The third-order valence-corrected chi connectivity index (χ3v) is 8.97. The van der Waals surface area contributed by atoms with E-state index in [1.165, 1.54) is 6.07 Å². The Balaban J connectivity index is 1.13. The Labute approximate surface area is 196 Å². The number of piperidine rings is 1. The van der Waals surface area contributed by atoms with Gasteiger partial charge in [-0.15, -0.1) is 0 Å². The zero-order valence-corrected chi connectivity index (χ0v) is 19.4. The molecule has 0 aliphatic carbocycles. The van der Waals surface area contributed by atoms with Crippen molar-refractivity contribution in [1.82, 2.24) is 20.0 Å². The molecule has 12 heteroatoms. The maximum atomic E-state index is 12.9. The quantitative estimate of drug-likeness (QED) is 0.686. The SMILES string of the molecule is O=C1CCCC2(CN(C(=O)N3CC4(CCN(Cc5cccc(S(=O)(=O)C(F)(F)F)c5)C4)C3)C2)N1. The van der Waals surface area contributed by atoms with Crippen LogP contribution in [0.3, 0.4) is 0 Å². The van der Waals surface area contributed by atoms with Crippen LogP contribution in [0.15, 0.2) is 29.2 Å². The number of likely N-dealkylation sites (tertiary alicyclic amines) is 3. The average molecular weight is 501 g/mol. The number of hydrogen-bond acceptors (Lipinski definition) is 5. The molecule has 3 amide bonds. The zero-order chi connectivity index (χ0) is 24.4. The van der Waals surface area contributed by atoms with Crippen molar-refractivity contribution in [1.29, 1.82) is 0 Å². The van der Waals surface area contributed by atoms with E-state index >= 15 is 0 Å². The first kappa shape index (κ1) is 23.4. The van der Waals surface area contributed by atoms with Crippen LogP contribution >= 0.6 is 0 Å². The standard InChI is InChI=1S/C22H27F3N4O4S/c23-22(24,25)34(32,33)17-4-1-3-16(9-17)10-27-8-7-20(11-27)12-28(13-20)19(31)29-14-21(15-29)6-2-5-18(30)26-21/h1,3-4,9H,2,5-8,10-15H2,(H,26,30). The first-order valence-corrected chi connectivity index (χ1v) is 12.9. The van der Waals surface area contributed by atoms with Crippen LogP contribution in [0.5, 0.6) is 0 Å². The Bertz CT molecular complexity index is 1110. The van der Waals surface area contributed by atoms with Gasteiger partial charge in [0.2, 0.25) is 5.91 Å². The number of urea groups is 1. The molecule has 0 radical (unpaired) electrons. The van der Waals surface area contributed by atoms with Crippen LogP contribution in [0.2, 0.25) is 0 Å². The first-order chi connectivity index (χ1) is 15.9. The Morgan fingerprint density at radius 2 is 1.76 bits per heavy atom. The maximum absolute atomic E-state index is 12.9. The van der Waals surface area contributed by atoms with Gasteiger partial charge in [-0.3, -0.25) is 9.69 Å². The second kappa shape index (κ2) is 7.84. The molecule has 4 saturated heterocycles. The van der Waals surface area contributed by atoms with Crippen molar-refractivity contribution in [2.75, 3.05) is 39.3 Å². The minimum atomic E-state index is -5.37. The fraction of sp³-hybridized carbons (Fsp3) is 0.636. The summed E-state index contributed by atoms with van der Waals surface area (Å²) in [6, 6.07) is 5.00. The van der Waals surface area contributed by atoms with Crippen LogP contribution in [0, 0.1) is 5.41 Å². The van der Waals surface area contributed by atoms with E-state index in [-0.39, 0.29) is 22.9 Å². The van der Waals surface area contributed by atoms with Gasteiger partial charge in [-0.25, -0.2) is 13.2 Å². The summed E-state index contributed by atoms with van der Waals surface area (Å²) in [4.78, 5) is 29.4. The van der Waals surface area contributed by atoms with E-state index < -0.39 is 20.2 Å². The van der Waals surface area contributed by atoms with Crippen LogP contribution in [-0.2, 0) is 21.2 Å². The minimum Gasteiger partial charge on any atom is -0.347 e. The molecule has 4 aliphatic heterocycles. The highest BCUT2D eigenvalue weighted by Gasteiger charge is 2.54. The zero-order valence-electron chi connectivity index (χ0n) is 18.6. The number of nitrogens with one attached hydrogen (secondary N) is 1. The largest absolute Gasteiger partial charge is 0.501 e. The van der Waals surface area contributed by atoms with Gasteiger partial charge in [0.1, 0.15) is 0 Å². The van der Waals surface area contributed by atoms with Crippen LogP contribution in [0.25, 0.3) is 0 Å². The Hall–Kier alpha value is -2.34. The van der Waals surface area contributed by atoms with Crippen molar-refractivity contribution in [3.63, 3.8) is 0 Å². The highest BCUT2D eigenvalue weighted by molar-refractivity contribution is 7.92. The van der Waals surface area contributed by atoms with Crippen molar-refractivity contribution in [3.05, 3.63) is 29.8 Å². The molecular weight excluding hydrogens is 473 g/mol. The number of alkyl halides is 3. The van der Waals surface area contributed by atoms with Crippen LogP contribution < -0.4 is 5.32 Å². The lowest BCUT2D eigenvalue weighted by molar-refractivity contribution is -0.128. The molecular formula is C22H27F3N4O4S. The summed E-state index contributed by atoms with van der Waals surface area (Å²) >= 11 is 0. The van der Waals surface area contributed by atoms with Gasteiger partial charge >= 0.3 is 11.5 Å². The predicted octanol–water partition coefficient (Wildman–Crippen LogP) is 1.96. The van der Waals surface area contributed by atoms with Crippen LogP contribution in [-0.4, -0.2) is 85.4 Å². The summed E-state index contributed by atoms with van der Waals surface area (Å²) in [5, 5.41) is 3.03. The monoisotopic (exact) mass is 500 g/mol. The number of sulfone groups is 1. The van der Waals surface area contributed by atoms with Gasteiger partial charge in [-0.2, -0.15) is 13.2 Å². The van der Waals surface area contributed by atoms with E-state index in [0.717, 1.165) is 37.9 Å². The third-order valence-electron chi connectivity index (χ3n) is 7.48. The normalized spacial score (nSPS) is 24.1. The number of carbonyl (C=O) groups excluding carboxylic acids is 2. The summed E-state index contributed by atoms with van der Waals surface area (Å²) < 4.78 is 62.0. The fourth-order valence-electron chi connectivity index (χ4n) is 5.79. The van der Waals surface area contributed by atoms with Crippen molar-refractivity contribution >= 4 is 21.8 Å². The second-order valence-corrected chi connectivity index (χ2v) is 12.2. The van der Waals surface area contributed by atoms with E-state index in [2.05, 4.69) is 10.2 Å². The molecule has 1 aromatic carbocycles. The Morgan fingerprint density at radius 3 is 2.44 bits per heavy atom. The van der Waals surface area contributed by atoms with Gasteiger partial charge in [-0.05, 0) is 43.5 Å². The summed E-state index contributed by atoms with van der Waals surface area (Å²) in [5.74, 6) is 0.0499. The third kappa shape index (κ3) is 4.04. The van der Waals surface area contributed by atoms with E-state index in [1.807, 2.05) is 4.90 Å². The molecule has 2 spiro atoms. The Kier molecular flexibility index (Phi) is 5.40. The molecule has 4 heterocycles. The van der Waals surface area contributed by atoms with E-state index in [0.29, 0.717) is 51.3 Å². The molecule has 0 aromatic heterocycles. The van der Waals surface area contributed by atoms with Crippen molar-refractivity contribution in [2.45, 2.75) is 48.2 Å². The van der Waals surface area contributed by atoms with Crippen molar-refractivity contribution in [2.24, 2.45) is 5.41 Å². The number of benzene rings is 1.